The van der Waals surface area contributed by atoms with Gasteiger partial charge in [-0.05, 0) is 12.1 Å². The smallest absolute Gasteiger partial charge is 0.374 e. The molecule has 24 heavy (non-hydrogen) atoms. The summed E-state index contributed by atoms with van der Waals surface area (Å²) in [5.74, 6) is -0.475. The van der Waals surface area contributed by atoms with Crippen LogP contribution >= 0.6 is 0 Å². The van der Waals surface area contributed by atoms with E-state index < -0.39 is 21.4 Å². The number of fused-ring (bicyclic) bond motifs is 1. The number of nitrogens with zero attached hydrogens (tertiary/aromatic N) is 1. The average molecular weight is 353 g/mol. The standard InChI is InChI=1S/C16H10F3NO3S/c17-16(18,19)24(21,22)23-14-10-12-8-4-5-9-13(12)20-15(14)11-6-2-1-3-7-11/h1-10H. The van der Waals surface area contributed by atoms with Crippen LogP contribution in [0.4, 0.5) is 13.2 Å². The molecule has 3 rings (SSSR count). The van der Waals surface area contributed by atoms with E-state index >= 15 is 0 Å². The molecule has 124 valence electrons. The van der Waals surface area contributed by atoms with E-state index in [9.17, 15) is 21.6 Å². The molecule has 4 nitrogen and oxygen atoms in total. The third-order valence-corrected chi connectivity index (χ3v) is 4.19. The molecule has 1 heterocycles. The molecule has 0 fully saturated rings. The second kappa shape index (κ2) is 5.79. The van der Waals surface area contributed by atoms with Crippen LogP contribution in [0.5, 0.6) is 5.75 Å². The highest BCUT2D eigenvalue weighted by molar-refractivity contribution is 7.88. The molecule has 0 unspecified atom stereocenters. The first-order valence-corrected chi connectivity index (χ1v) is 8.15. The Kier molecular flexibility index (Phi) is 3.92. The van der Waals surface area contributed by atoms with Crippen molar-refractivity contribution in [3.8, 4) is 17.0 Å². The number of rotatable bonds is 3. The van der Waals surface area contributed by atoms with Crippen molar-refractivity contribution in [1.82, 2.24) is 4.98 Å². The number of pyridine rings is 1. The van der Waals surface area contributed by atoms with Gasteiger partial charge in [-0.25, -0.2) is 4.98 Å². The lowest BCUT2D eigenvalue weighted by atomic mass is 10.1. The molecule has 0 aliphatic rings. The number of hydrogen-bond donors (Lipinski definition) is 0. The molecule has 0 saturated carbocycles. The van der Waals surface area contributed by atoms with Gasteiger partial charge in [0.05, 0.1) is 5.52 Å². The summed E-state index contributed by atoms with van der Waals surface area (Å²) >= 11 is 0. The van der Waals surface area contributed by atoms with Gasteiger partial charge in [0.1, 0.15) is 5.69 Å². The molecule has 1 aromatic heterocycles. The Bertz CT molecular complexity index is 986. The Balaban J connectivity index is 2.22. The van der Waals surface area contributed by atoms with Crippen LogP contribution in [0, 0.1) is 0 Å². The van der Waals surface area contributed by atoms with Crippen molar-refractivity contribution in [1.29, 1.82) is 0 Å². The predicted octanol–water partition coefficient (Wildman–Crippen LogP) is 4.13. The minimum absolute atomic E-state index is 0.0159. The molecule has 0 aliphatic heterocycles. The molecule has 0 radical (unpaired) electrons. The lowest BCUT2D eigenvalue weighted by Gasteiger charge is -2.13. The number of hydrogen-bond acceptors (Lipinski definition) is 4. The minimum Gasteiger partial charge on any atom is -0.374 e. The molecule has 0 N–H and O–H groups in total. The molecule has 0 amide bonds. The van der Waals surface area contributed by atoms with Crippen molar-refractivity contribution in [2.24, 2.45) is 0 Å². The Morgan fingerprint density at radius 1 is 0.917 bits per heavy atom. The Hall–Kier alpha value is -2.61. The summed E-state index contributed by atoms with van der Waals surface area (Å²) in [5.41, 5.74) is -4.56. The number of benzene rings is 2. The molecule has 8 heteroatoms. The summed E-state index contributed by atoms with van der Waals surface area (Å²) in [6.07, 6.45) is 0. The van der Waals surface area contributed by atoms with E-state index in [0.29, 0.717) is 16.5 Å². The summed E-state index contributed by atoms with van der Waals surface area (Å²) in [6, 6.07) is 16.1. The summed E-state index contributed by atoms with van der Waals surface area (Å²) < 4.78 is 65.0. The van der Waals surface area contributed by atoms with Crippen LogP contribution in [0.3, 0.4) is 0 Å². The van der Waals surface area contributed by atoms with Gasteiger partial charge in [0.15, 0.2) is 5.75 Å². The number of aromatic nitrogens is 1. The third-order valence-electron chi connectivity index (χ3n) is 3.22. The van der Waals surface area contributed by atoms with Crippen molar-refractivity contribution >= 4 is 21.0 Å². The van der Waals surface area contributed by atoms with Crippen LogP contribution in [-0.2, 0) is 10.1 Å². The van der Waals surface area contributed by atoms with E-state index in [1.807, 2.05) is 0 Å². The number of alkyl halides is 3. The fourth-order valence-electron chi connectivity index (χ4n) is 2.13. The fourth-order valence-corrected chi connectivity index (χ4v) is 2.59. The normalized spacial score (nSPS) is 12.3. The summed E-state index contributed by atoms with van der Waals surface area (Å²) in [4.78, 5) is 4.25. The maximum absolute atomic E-state index is 12.6. The molecule has 0 bridgehead atoms. The quantitative estimate of drug-likeness (QED) is 0.525. The molecule has 0 aliphatic carbocycles. The highest BCUT2D eigenvalue weighted by Crippen LogP contribution is 2.35. The van der Waals surface area contributed by atoms with E-state index in [2.05, 4.69) is 9.17 Å². The van der Waals surface area contributed by atoms with Crippen molar-refractivity contribution in [3.63, 3.8) is 0 Å². The van der Waals surface area contributed by atoms with Crippen LogP contribution in [0.2, 0.25) is 0 Å². The molecular formula is C16H10F3NO3S. The van der Waals surface area contributed by atoms with Gasteiger partial charge in [-0.15, -0.1) is 0 Å². The van der Waals surface area contributed by atoms with Crippen LogP contribution in [0.25, 0.3) is 22.2 Å². The Labute approximate surface area is 135 Å². The van der Waals surface area contributed by atoms with Gasteiger partial charge in [0.25, 0.3) is 0 Å². The molecule has 0 spiro atoms. The van der Waals surface area contributed by atoms with Crippen LogP contribution in [0.1, 0.15) is 0 Å². The van der Waals surface area contributed by atoms with Crippen molar-refractivity contribution < 1.29 is 25.8 Å². The maximum Gasteiger partial charge on any atom is 0.534 e. The third kappa shape index (κ3) is 3.05. The van der Waals surface area contributed by atoms with Crippen LogP contribution < -0.4 is 4.18 Å². The first kappa shape index (κ1) is 16.3. The predicted molar refractivity (Wildman–Crippen MR) is 82.8 cm³/mol. The lowest BCUT2D eigenvalue weighted by Crippen LogP contribution is -2.28. The molecular weight excluding hydrogens is 343 g/mol. The van der Waals surface area contributed by atoms with Crippen molar-refractivity contribution in [2.45, 2.75) is 5.51 Å². The lowest BCUT2D eigenvalue weighted by molar-refractivity contribution is -0.0499. The number of para-hydroxylation sites is 1. The van der Waals surface area contributed by atoms with Crippen molar-refractivity contribution in [2.75, 3.05) is 0 Å². The molecule has 0 saturated heterocycles. The van der Waals surface area contributed by atoms with Gasteiger partial charge in [-0.1, -0.05) is 48.5 Å². The van der Waals surface area contributed by atoms with Gasteiger partial charge in [-0.3, -0.25) is 0 Å². The van der Waals surface area contributed by atoms with Gasteiger partial charge >= 0.3 is 15.6 Å². The van der Waals surface area contributed by atoms with E-state index in [4.69, 9.17) is 0 Å². The summed E-state index contributed by atoms with van der Waals surface area (Å²) in [6.45, 7) is 0. The van der Waals surface area contributed by atoms with Gasteiger partial charge < -0.3 is 4.18 Å². The second-order valence-corrected chi connectivity index (χ2v) is 6.41. The van der Waals surface area contributed by atoms with Gasteiger partial charge in [-0.2, -0.15) is 21.6 Å². The Morgan fingerprint density at radius 2 is 1.54 bits per heavy atom. The van der Waals surface area contributed by atoms with E-state index in [-0.39, 0.29) is 5.69 Å². The highest BCUT2D eigenvalue weighted by atomic mass is 32.2. The maximum atomic E-state index is 12.6. The van der Waals surface area contributed by atoms with Crippen molar-refractivity contribution in [3.05, 3.63) is 60.7 Å². The zero-order valence-corrected chi connectivity index (χ0v) is 12.8. The monoisotopic (exact) mass is 353 g/mol. The Morgan fingerprint density at radius 3 is 2.21 bits per heavy atom. The van der Waals surface area contributed by atoms with E-state index in [0.717, 1.165) is 0 Å². The fraction of sp³-hybridized carbons (Fsp3) is 0.0625. The SMILES string of the molecule is O=S(=O)(Oc1cc2ccccc2nc1-c1ccccc1)C(F)(F)F. The average Bonchev–Trinajstić information content (AvgIpc) is 2.53. The second-order valence-electron chi connectivity index (χ2n) is 4.88. The highest BCUT2D eigenvalue weighted by Gasteiger charge is 2.49. The summed E-state index contributed by atoms with van der Waals surface area (Å²) in [7, 11) is -5.79. The zero-order valence-electron chi connectivity index (χ0n) is 12.0. The molecule has 3 aromatic rings. The van der Waals surface area contributed by atoms with Crippen LogP contribution in [0.15, 0.2) is 60.7 Å². The first-order chi connectivity index (χ1) is 11.3. The minimum atomic E-state index is -5.79. The zero-order chi connectivity index (χ0) is 17.4. The van der Waals surface area contributed by atoms with Crippen LogP contribution in [-0.4, -0.2) is 18.9 Å². The first-order valence-electron chi connectivity index (χ1n) is 6.74. The van der Waals surface area contributed by atoms with E-state index in [1.54, 1.807) is 54.6 Å². The number of halogens is 3. The van der Waals surface area contributed by atoms with Gasteiger partial charge in [0.2, 0.25) is 0 Å². The van der Waals surface area contributed by atoms with Gasteiger partial charge in [0, 0.05) is 10.9 Å². The molecule has 2 aromatic carbocycles. The topological polar surface area (TPSA) is 56.3 Å². The molecule has 0 atom stereocenters. The summed E-state index contributed by atoms with van der Waals surface area (Å²) in [5, 5.41) is 0.463. The van der Waals surface area contributed by atoms with E-state index in [1.165, 1.54) is 6.07 Å². The largest absolute Gasteiger partial charge is 0.534 e.